The minimum Gasteiger partial charge on any atom is -0.305 e. The first-order valence-electron chi connectivity index (χ1n) is 5.78. The molecule has 0 aliphatic heterocycles. The van der Waals surface area contributed by atoms with Crippen molar-refractivity contribution in [1.82, 2.24) is 4.98 Å². The summed E-state index contributed by atoms with van der Waals surface area (Å²) in [5.74, 6) is -0.551. The molecule has 1 aromatic carbocycles. The Kier molecular flexibility index (Phi) is 4.26. The van der Waals surface area contributed by atoms with Gasteiger partial charge < -0.3 is 5.32 Å². The van der Waals surface area contributed by atoms with Crippen LogP contribution in [0.3, 0.4) is 0 Å². The first kappa shape index (κ1) is 14.8. The van der Waals surface area contributed by atoms with Gasteiger partial charge in [-0.2, -0.15) is 0 Å². The van der Waals surface area contributed by atoms with E-state index in [1.54, 1.807) is 13.8 Å². The molecule has 0 atom stereocenters. The summed E-state index contributed by atoms with van der Waals surface area (Å²) in [4.78, 5) is 16.2. The van der Waals surface area contributed by atoms with Gasteiger partial charge in [-0.1, -0.05) is 23.2 Å². The fourth-order valence-corrected chi connectivity index (χ4v) is 2.02. The van der Waals surface area contributed by atoms with Gasteiger partial charge >= 0.3 is 0 Å². The number of aromatic nitrogens is 1. The number of hydrogen-bond acceptors (Lipinski definition) is 2. The molecule has 1 aromatic heterocycles. The van der Waals surface area contributed by atoms with E-state index in [0.717, 1.165) is 0 Å². The Balaban J connectivity index is 2.27. The van der Waals surface area contributed by atoms with E-state index in [-0.39, 0.29) is 16.7 Å². The largest absolute Gasteiger partial charge is 0.305 e. The second kappa shape index (κ2) is 5.77. The van der Waals surface area contributed by atoms with E-state index in [2.05, 4.69) is 10.3 Å². The van der Waals surface area contributed by atoms with Crippen LogP contribution >= 0.6 is 23.2 Å². The molecule has 6 heteroatoms. The van der Waals surface area contributed by atoms with Gasteiger partial charge in [0, 0.05) is 5.56 Å². The average molecular weight is 313 g/mol. The summed E-state index contributed by atoms with van der Waals surface area (Å²) < 4.78 is 13.2. The van der Waals surface area contributed by atoms with E-state index < -0.39 is 5.91 Å². The van der Waals surface area contributed by atoms with Gasteiger partial charge in [-0.05, 0) is 43.7 Å². The Bertz CT molecular complexity index is 689. The number of carbonyl (C=O) groups excluding carboxylic acids is 1. The number of halogens is 3. The number of nitrogens with zero attached hydrogens (tertiary/aromatic N) is 1. The molecular weight excluding hydrogens is 302 g/mol. The minimum atomic E-state index is -0.413. The maximum Gasteiger partial charge on any atom is 0.256 e. The molecule has 0 aliphatic rings. The van der Waals surface area contributed by atoms with E-state index in [1.807, 2.05) is 0 Å². The van der Waals surface area contributed by atoms with Crippen LogP contribution in [0, 0.1) is 19.7 Å². The highest BCUT2D eigenvalue weighted by atomic mass is 35.5. The number of carbonyl (C=O) groups is 1. The van der Waals surface area contributed by atoms with Crippen molar-refractivity contribution in [2.24, 2.45) is 0 Å². The summed E-state index contributed by atoms with van der Waals surface area (Å²) in [7, 11) is 0. The van der Waals surface area contributed by atoms with Gasteiger partial charge in [0.1, 0.15) is 5.82 Å². The highest BCUT2D eigenvalue weighted by Crippen LogP contribution is 2.26. The summed E-state index contributed by atoms with van der Waals surface area (Å²) >= 11 is 11.8. The number of aryl methyl sites for hydroxylation is 2. The summed E-state index contributed by atoms with van der Waals surface area (Å²) in [6.07, 6.45) is 0. The maximum atomic E-state index is 13.2. The van der Waals surface area contributed by atoms with Gasteiger partial charge in [-0.3, -0.25) is 4.79 Å². The molecule has 0 spiro atoms. The number of pyridine rings is 1. The lowest BCUT2D eigenvalue weighted by Crippen LogP contribution is -2.14. The molecule has 0 bridgehead atoms. The monoisotopic (exact) mass is 312 g/mol. The molecule has 2 aromatic rings. The Hall–Kier alpha value is -1.65. The SMILES string of the molecule is Cc1cc(C(=O)Nc2nc(C)c(Cl)cc2Cl)ccc1F. The zero-order valence-corrected chi connectivity index (χ0v) is 12.3. The quantitative estimate of drug-likeness (QED) is 0.893. The van der Waals surface area contributed by atoms with Gasteiger partial charge in [0.2, 0.25) is 0 Å². The smallest absolute Gasteiger partial charge is 0.256 e. The zero-order valence-electron chi connectivity index (χ0n) is 10.8. The number of amides is 1. The Morgan fingerprint density at radius 2 is 1.90 bits per heavy atom. The van der Waals surface area contributed by atoms with Crippen LogP contribution in [0.2, 0.25) is 10.0 Å². The molecule has 104 valence electrons. The molecule has 0 radical (unpaired) electrons. The summed E-state index contributed by atoms with van der Waals surface area (Å²) in [6.45, 7) is 3.29. The van der Waals surface area contributed by atoms with Crippen molar-refractivity contribution in [3.8, 4) is 0 Å². The number of rotatable bonds is 2. The van der Waals surface area contributed by atoms with E-state index in [0.29, 0.717) is 21.8 Å². The minimum absolute atomic E-state index is 0.223. The van der Waals surface area contributed by atoms with Crippen molar-refractivity contribution in [3.05, 3.63) is 56.9 Å². The molecule has 2 rings (SSSR count). The highest BCUT2D eigenvalue weighted by Gasteiger charge is 2.12. The predicted octanol–water partition coefficient (Wildman–Crippen LogP) is 4.40. The van der Waals surface area contributed by atoms with Crippen molar-refractivity contribution >= 4 is 34.9 Å². The highest BCUT2D eigenvalue weighted by molar-refractivity contribution is 6.36. The topological polar surface area (TPSA) is 42.0 Å². The zero-order chi connectivity index (χ0) is 14.9. The molecule has 20 heavy (non-hydrogen) atoms. The van der Waals surface area contributed by atoms with Crippen LogP contribution in [0.1, 0.15) is 21.6 Å². The van der Waals surface area contributed by atoms with Crippen LogP contribution in [0.5, 0.6) is 0 Å². The summed E-state index contributed by atoms with van der Waals surface area (Å²) in [5, 5.41) is 3.24. The van der Waals surface area contributed by atoms with Gasteiger partial charge in [-0.25, -0.2) is 9.37 Å². The van der Waals surface area contributed by atoms with Crippen LogP contribution < -0.4 is 5.32 Å². The third kappa shape index (κ3) is 3.08. The van der Waals surface area contributed by atoms with Gasteiger partial charge in [0.05, 0.1) is 15.7 Å². The Morgan fingerprint density at radius 1 is 1.20 bits per heavy atom. The lowest BCUT2D eigenvalue weighted by atomic mass is 10.1. The predicted molar refractivity (Wildman–Crippen MR) is 78.1 cm³/mol. The maximum absolute atomic E-state index is 13.2. The molecule has 0 saturated heterocycles. The second-order valence-corrected chi connectivity index (χ2v) is 5.12. The average Bonchev–Trinajstić information content (AvgIpc) is 2.39. The van der Waals surface area contributed by atoms with Crippen molar-refractivity contribution in [2.45, 2.75) is 13.8 Å². The second-order valence-electron chi connectivity index (χ2n) is 4.30. The normalized spacial score (nSPS) is 10.4. The molecule has 3 nitrogen and oxygen atoms in total. The van der Waals surface area contributed by atoms with E-state index in [9.17, 15) is 9.18 Å². The molecule has 0 unspecified atom stereocenters. The van der Waals surface area contributed by atoms with Crippen LogP contribution in [0.25, 0.3) is 0 Å². The lowest BCUT2D eigenvalue weighted by molar-refractivity contribution is 0.102. The Morgan fingerprint density at radius 3 is 2.55 bits per heavy atom. The van der Waals surface area contributed by atoms with Gasteiger partial charge in [-0.15, -0.1) is 0 Å². The van der Waals surface area contributed by atoms with Crippen molar-refractivity contribution in [2.75, 3.05) is 5.32 Å². The first-order valence-corrected chi connectivity index (χ1v) is 6.54. The summed E-state index contributed by atoms with van der Waals surface area (Å²) in [5.41, 5.74) is 1.28. The number of hydrogen-bond donors (Lipinski definition) is 1. The van der Waals surface area contributed by atoms with Crippen molar-refractivity contribution in [1.29, 1.82) is 0 Å². The van der Waals surface area contributed by atoms with Crippen LogP contribution in [0.4, 0.5) is 10.2 Å². The lowest BCUT2D eigenvalue weighted by Gasteiger charge is -2.09. The van der Waals surface area contributed by atoms with Crippen LogP contribution in [-0.4, -0.2) is 10.9 Å². The Labute approximate surface area is 125 Å². The standard InChI is InChI=1S/C14H11Cl2FN2O/c1-7-5-9(3-4-12(7)17)14(20)19-13-11(16)6-10(15)8(2)18-13/h3-6H,1-2H3,(H,18,19,20). The van der Waals surface area contributed by atoms with Crippen molar-refractivity contribution < 1.29 is 9.18 Å². The molecular formula is C14H11Cl2FN2O. The molecule has 1 amide bonds. The third-order valence-corrected chi connectivity index (χ3v) is 3.43. The summed E-state index contributed by atoms with van der Waals surface area (Å²) in [6, 6.07) is 5.61. The van der Waals surface area contributed by atoms with Gasteiger partial charge in [0.15, 0.2) is 5.82 Å². The molecule has 0 fully saturated rings. The number of anilines is 1. The molecule has 1 heterocycles. The molecule has 0 saturated carbocycles. The van der Waals surface area contributed by atoms with E-state index >= 15 is 0 Å². The van der Waals surface area contributed by atoms with Crippen LogP contribution in [0.15, 0.2) is 24.3 Å². The van der Waals surface area contributed by atoms with E-state index in [4.69, 9.17) is 23.2 Å². The molecule has 0 aliphatic carbocycles. The fraction of sp³-hybridized carbons (Fsp3) is 0.143. The third-order valence-electron chi connectivity index (χ3n) is 2.76. The first-order chi connectivity index (χ1) is 9.38. The molecule has 1 N–H and O–H groups in total. The van der Waals surface area contributed by atoms with Crippen molar-refractivity contribution in [3.63, 3.8) is 0 Å². The number of benzene rings is 1. The van der Waals surface area contributed by atoms with Gasteiger partial charge in [0.25, 0.3) is 5.91 Å². The fourth-order valence-electron chi connectivity index (χ4n) is 1.61. The van der Waals surface area contributed by atoms with E-state index in [1.165, 1.54) is 24.3 Å². The van der Waals surface area contributed by atoms with Crippen LogP contribution in [-0.2, 0) is 0 Å². The number of nitrogens with one attached hydrogen (secondary N) is 1.